The minimum absolute atomic E-state index is 0.0779. The molecule has 0 bridgehead atoms. The summed E-state index contributed by atoms with van der Waals surface area (Å²) in [5, 5.41) is 14.8. The van der Waals surface area contributed by atoms with Crippen LogP contribution >= 0.6 is 11.8 Å². The molecule has 0 aliphatic rings. The smallest absolute Gasteiger partial charge is 0.275 e. The normalized spacial score (nSPS) is 10.5. The van der Waals surface area contributed by atoms with Gasteiger partial charge in [-0.1, -0.05) is 13.8 Å². The highest BCUT2D eigenvalue weighted by molar-refractivity contribution is 7.99. The van der Waals surface area contributed by atoms with E-state index in [1.54, 1.807) is 0 Å². The fourth-order valence-corrected chi connectivity index (χ4v) is 1.99. The number of aromatic nitrogens is 1. The molecule has 0 radical (unpaired) electrons. The number of pyridine rings is 1. The Bertz CT molecular complexity index is 382. The van der Waals surface area contributed by atoms with Crippen LogP contribution in [0.5, 0.6) is 0 Å². The Hall–Kier alpha value is -1.30. The molecule has 6 heteroatoms. The Labute approximate surface area is 98.8 Å². The molecule has 5 nitrogen and oxygen atoms in total. The zero-order valence-electron chi connectivity index (χ0n) is 9.56. The molecule has 0 aliphatic heterocycles. The van der Waals surface area contributed by atoms with E-state index >= 15 is 0 Å². The summed E-state index contributed by atoms with van der Waals surface area (Å²) in [5.74, 6) is 0.555. The lowest BCUT2D eigenvalue weighted by Crippen LogP contribution is -2.02. The van der Waals surface area contributed by atoms with Crippen LogP contribution in [0.4, 0.5) is 11.5 Å². The summed E-state index contributed by atoms with van der Waals surface area (Å²) in [7, 11) is 0. The Balaban J connectivity index is 3.03. The average molecular weight is 241 g/mol. The number of hydrogen-bond donors (Lipinski definition) is 1. The van der Waals surface area contributed by atoms with E-state index < -0.39 is 4.92 Å². The minimum Gasteiger partial charge on any atom is -0.370 e. The van der Waals surface area contributed by atoms with Gasteiger partial charge in [0.15, 0.2) is 0 Å². The lowest BCUT2D eigenvalue weighted by Gasteiger charge is -2.07. The fourth-order valence-electron chi connectivity index (χ4n) is 1.17. The number of nitrogens with one attached hydrogen (secondary N) is 1. The van der Waals surface area contributed by atoms with Gasteiger partial charge in [0, 0.05) is 17.9 Å². The van der Waals surface area contributed by atoms with E-state index in [2.05, 4.69) is 10.3 Å². The van der Waals surface area contributed by atoms with Crippen molar-refractivity contribution < 1.29 is 4.92 Å². The topological polar surface area (TPSA) is 68.1 Å². The predicted octanol–water partition coefficient (Wildman–Crippen LogP) is 2.92. The van der Waals surface area contributed by atoms with Gasteiger partial charge < -0.3 is 5.32 Å². The van der Waals surface area contributed by atoms with E-state index in [9.17, 15) is 10.1 Å². The van der Waals surface area contributed by atoms with Crippen LogP contribution in [0.1, 0.15) is 20.8 Å². The summed E-state index contributed by atoms with van der Waals surface area (Å²) in [4.78, 5) is 14.6. The minimum atomic E-state index is -0.396. The molecule has 1 N–H and O–H groups in total. The summed E-state index contributed by atoms with van der Waals surface area (Å²) < 4.78 is 0. The van der Waals surface area contributed by atoms with Crippen LogP contribution in [0, 0.1) is 10.1 Å². The van der Waals surface area contributed by atoms with Crippen LogP contribution in [0.2, 0.25) is 0 Å². The molecule has 1 rings (SSSR count). The first-order chi connectivity index (χ1) is 7.52. The Kier molecular flexibility index (Phi) is 4.54. The highest BCUT2D eigenvalue weighted by Crippen LogP contribution is 2.27. The van der Waals surface area contributed by atoms with E-state index in [1.807, 2.05) is 20.8 Å². The fraction of sp³-hybridized carbons (Fsp3) is 0.500. The van der Waals surface area contributed by atoms with Crippen molar-refractivity contribution in [1.29, 1.82) is 0 Å². The first-order valence-electron chi connectivity index (χ1n) is 5.10. The maximum Gasteiger partial charge on any atom is 0.275 e. The molecule has 88 valence electrons. The quantitative estimate of drug-likeness (QED) is 0.487. The average Bonchev–Trinajstić information content (AvgIpc) is 2.16. The standard InChI is InChI=1S/C10H15N3O2S/c1-4-11-9-5-8(13(14)15)6-10(12-9)16-7(2)3/h5-7H,4H2,1-3H3,(H,11,12). The highest BCUT2D eigenvalue weighted by Gasteiger charge is 2.12. The van der Waals surface area contributed by atoms with Crippen LogP contribution < -0.4 is 5.32 Å². The molecule has 0 amide bonds. The van der Waals surface area contributed by atoms with Crippen molar-refractivity contribution in [2.45, 2.75) is 31.0 Å². The largest absolute Gasteiger partial charge is 0.370 e. The molecule has 0 aliphatic carbocycles. The lowest BCUT2D eigenvalue weighted by molar-refractivity contribution is -0.385. The van der Waals surface area contributed by atoms with Crippen molar-refractivity contribution in [2.24, 2.45) is 0 Å². The summed E-state index contributed by atoms with van der Waals surface area (Å²) >= 11 is 1.51. The summed E-state index contributed by atoms with van der Waals surface area (Å²) in [6.07, 6.45) is 0. The second kappa shape index (κ2) is 5.69. The van der Waals surface area contributed by atoms with Gasteiger partial charge in [-0.05, 0) is 6.92 Å². The molecule has 1 aromatic heterocycles. The van der Waals surface area contributed by atoms with Crippen LogP contribution in [0.3, 0.4) is 0 Å². The number of hydrogen-bond acceptors (Lipinski definition) is 5. The Morgan fingerprint density at radius 3 is 2.75 bits per heavy atom. The van der Waals surface area contributed by atoms with E-state index in [0.29, 0.717) is 22.6 Å². The number of nitrogens with zero attached hydrogens (tertiary/aromatic N) is 2. The zero-order chi connectivity index (χ0) is 12.1. The van der Waals surface area contributed by atoms with Crippen LogP contribution in [-0.4, -0.2) is 21.7 Å². The molecule has 1 aromatic rings. The maximum atomic E-state index is 10.7. The molecule has 0 aromatic carbocycles. The SMILES string of the molecule is CCNc1cc([N+](=O)[O-])cc(SC(C)C)n1. The van der Waals surface area contributed by atoms with Gasteiger partial charge in [0.1, 0.15) is 10.8 Å². The van der Waals surface area contributed by atoms with E-state index in [1.165, 1.54) is 23.9 Å². The van der Waals surface area contributed by atoms with E-state index in [-0.39, 0.29) is 5.69 Å². The van der Waals surface area contributed by atoms with Gasteiger partial charge in [0.05, 0.1) is 11.0 Å². The molecule has 0 spiro atoms. The van der Waals surface area contributed by atoms with Crippen molar-refractivity contribution in [3.05, 3.63) is 22.2 Å². The third-order valence-electron chi connectivity index (χ3n) is 1.71. The Morgan fingerprint density at radius 2 is 2.25 bits per heavy atom. The van der Waals surface area contributed by atoms with Crippen molar-refractivity contribution in [3.8, 4) is 0 Å². The van der Waals surface area contributed by atoms with E-state index in [4.69, 9.17) is 0 Å². The molecule has 0 atom stereocenters. The van der Waals surface area contributed by atoms with Gasteiger partial charge in [-0.3, -0.25) is 10.1 Å². The van der Waals surface area contributed by atoms with Crippen LogP contribution in [-0.2, 0) is 0 Å². The van der Waals surface area contributed by atoms with Crippen molar-refractivity contribution in [3.63, 3.8) is 0 Å². The van der Waals surface area contributed by atoms with Gasteiger partial charge in [0.25, 0.3) is 5.69 Å². The first kappa shape index (κ1) is 12.8. The number of rotatable bonds is 5. The van der Waals surface area contributed by atoms with Crippen LogP contribution in [0.25, 0.3) is 0 Å². The number of anilines is 1. The van der Waals surface area contributed by atoms with Gasteiger partial charge in [0.2, 0.25) is 0 Å². The monoisotopic (exact) mass is 241 g/mol. The lowest BCUT2D eigenvalue weighted by atomic mass is 10.4. The molecule has 0 saturated carbocycles. The molecule has 0 saturated heterocycles. The molecule has 0 unspecified atom stereocenters. The van der Waals surface area contributed by atoms with Gasteiger partial charge in [-0.2, -0.15) is 0 Å². The summed E-state index contributed by atoms with van der Waals surface area (Å²) in [6, 6.07) is 2.96. The number of nitro groups is 1. The second-order valence-electron chi connectivity index (χ2n) is 3.50. The van der Waals surface area contributed by atoms with Crippen molar-refractivity contribution in [1.82, 2.24) is 4.98 Å². The molecule has 16 heavy (non-hydrogen) atoms. The molecule has 0 fully saturated rings. The molecular weight excluding hydrogens is 226 g/mol. The van der Waals surface area contributed by atoms with Crippen molar-refractivity contribution >= 4 is 23.3 Å². The summed E-state index contributed by atoms with van der Waals surface area (Å²) in [5.41, 5.74) is 0.0779. The third kappa shape index (κ3) is 3.69. The second-order valence-corrected chi connectivity index (χ2v) is 5.10. The number of thioether (sulfide) groups is 1. The highest BCUT2D eigenvalue weighted by atomic mass is 32.2. The Morgan fingerprint density at radius 1 is 1.56 bits per heavy atom. The third-order valence-corrected chi connectivity index (χ3v) is 2.63. The molecular formula is C10H15N3O2S. The predicted molar refractivity (Wildman–Crippen MR) is 66.0 cm³/mol. The van der Waals surface area contributed by atoms with E-state index in [0.717, 1.165) is 0 Å². The van der Waals surface area contributed by atoms with Gasteiger partial charge >= 0.3 is 0 Å². The van der Waals surface area contributed by atoms with Crippen LogP contribution in [0.15, 0.2) is 17.2 Å². The van der Waals surface area contributed by atoms with Crippen molar-refractivity contribution in [2.75, 3.05) is 11.9 Å². The van der Waals surface area contributed by atoms with Gasteiger partial charge in [-0.15, -0.1) is 11.8 Å². The first-order valence-corrected chi connectivity index (χ1v) is 5.98. The molecule has 1 heterocycles. The summed E-state index contributed by atoms with van der Waals surface area (Å²) in [6.45, 7) is 6.67. The maximum absolute atomic E-state index is 10.7. The van der Waals surface area contributed by atoms with Gasteiger partial charge in [-0.25, -0.2) is 4.98 Å². The zero-order valence-corrected chi connectivity index (χ0v) is 10.4.